The molecule has 0 spiro atoms. The van der Waals surface area contributed by atoms with Crippen molar-refractivity contribution < 1.29 is 8.42 Å². The van der Waals surface area contributed by atoms with E-state index in [1.807, 2.05) is 0 Å². The molecule has 1 heterocycles. The van der Waals surface area contributed by atoms with Gasteiger partial charge < -0.3 is 10.2 Å². The molecule has 5 heteroatoms. The van der Waals surface area contributed by atoms with Crippen molar-refractivity contribution in [2.75, 3.05) is 44.2 Å². The van der Waals surface area contributed by atoms with Gasteiger partial charge in [-0.1, -0.05) is 20.8 Å². The molecule has 0 aliphatic carbocycles. The summed E-state index contributed by atoms with van der Waals surface area (Å²) in [6, 6.07) is 0. The van der Waals surface area contributed by atoms with Gasteiger partial charge in [0.2, 0.25) is 0 Å². The van der Waals surface area contributed by atoms with Crippen molar-refractivity contribution >= 4 is 9.84 Å². The molecule has 1 unspecified atom stereocenters. The number of hydrogen-bond donors (Lipinski definition) is 1. The zero-order valence-electron chi connectivity index (χ0n) is 12.0. The van der Waals surface area contributed by atoms with Crippen LogP contribution >= 0.6 is 0 Å². The van der Waals surface area contributed by atoms with Crippen LogP contribution in [0.15, 0.2) is 0 Å². The summed E-state index contributed by atoms with van der Waals surface area (Å²) in [6.45, 7) is 11.1. The molecule has 0 aromatic heterocycles. The fraction of sp³-hybridized carbons (Fsp3) is 1.00. The zero-order valence-corrected chi connectivity index (χ0v) is 12.9. The number of rotatable bonds is 7. The van der Waals surface area contributed by atoms with Crippen molar-refractivity contribution in [3.05, 3.63) is 0 Å². The summed E-state index contributed by atoms with van der Waals surface area (Å²) in [7, 11) is -2.76. The standard InChI is InChI=1S/C13H28N2O2S/c1-4-6-14-11-13(3,5-2)12-15-7-9-18(16,17)10-8-15/h14H,4-12H2,1-3H3. The van der Waals surface area contributed by atoms with Gasteiger partial charge in [0.25, 0.3) is 0 Å². The third-order valence-corrected chi connectivity index (χ3v) is 5.48. The van der Waals surface area contributed by atoms with E-state index in [1.165, 1.54) is 0 Å². The first-order valence-corrected chi connectivity index (χ1v) is 8.86. The Morgan fingerprint density at radius 3 is 2.33 bits per heavy atom. The van der Waals surface area contributed by atoms with Crippen molar-refractivity contribution in [1.29, 1.82) is 0 Å². The highest BCUT2D eigenvalue weighted by Crippen LogP contribution is 2.22. The molecule has 1 fully saturated rings. The molecule has 0 amide bonds. The van der Waals surface area contributed by atoms with E-state index in [1.54, 1.807) is 0 Å². The molecule has 1 aliphatic rings. The third kappa shape index (κ3) is 5.24. The highest BCUT2D eigenvalue weighted by atomic mass is 32.2. The fourth-order valence-electron chi connectivity index (χ4n) is 2.31. The van der Waals surface area contributed by atoms with Crippen LogP contribution in [-0.2, 0) is 9.84 Å². The van der Waals surface area contributed by atoms with Gasteiger partial charge in [0.15, 0.2) is 9.84 Å². The molecule has 1 N–H and O–H groups in total. The maximum Gasteiger partial charge on any atom is 0.152 e. The summed E-state index contributed by atoms with van der Waals surface area (Å²) in [5.74, 6) is 0.657. The molecule has 1 saturated heterocycles. The van der Waals surface area contributed by atoms with Crippen LogP contribution in [0.5, 0.6) is 0 Å². The lowest BCUT2D eigenvalue weighted by Gasteiger charge is -2.36. The molecule has 0 bridgehead atoms. The SMILES string of the molecule is CCCNCC(C)(CC)CN1CCS(=O)(=O)CC1. The van der Waals surface area contributed by atoms with Crippen LogP contribution in [-0.4, -0.2) is 57.5 Å². The van der Waals surface area contributed by atoms with Gasteiger partial charge >= 0.3 is 0 Å². The Morgan fingerprint density at radius 1 is 1.22 bits per heavy atom. The molecule has 0 aromatic carbocycles. The Labute approximate surface area is 112 Å². The first-order chi connectivity index (χ1) is 8.41. The molecule has 0 saturated carbocycles. The molecule has 1 rings (SSSR count). The predicted molar refractivity (Wildman–Crippen MR) is 76.7 cm³/mol. The summed E-state index contributed by atoms with van der Waals surface area (Å²) >= 11 is 0. The molecule has 108 valence electrons. The second-order valence-corrected chi connectivity index (χ2v) is 8.07. The van der Waals surface area contributed by atoms with Crippen LogP contribution in [0, 0.1) is 5.41 Å². The molecule has 1 aliphatic heterocycles. The van der Waals surface area contributed by atoms with Gasteiger partial charge in [-0.15, -0.1) is 0 Å². The molecule has 0 aromatic rings. The molecule has 1 atom stereocenters. The number of nitrogens with zero attached hydrogens (tertiary/aromatic N) is 1. The summed E-state index contributed by atoms with van der Waals surface area (Å²) < 4.78 is 22.8. The zero-order chi connectivity index (χ0) is 13.6. The minimum Gasteiger partial charge on any atom is -0.316 e. The first kappa shape index (κ1) is 15.9. The smallest absolute Gasteiger partial charge is 0.152 e. The Morgan fingerprint density at radius 2 is 1.83 bits per heavy atom. The summed E-state index contributed by atoms with van der Waals surface area (Å²) in [4.78, 5) is 2.30. The average molecular weight is 276 g/mol. The maximum atomic E-state index is 11.4. The first-order valence-electron chi connectivity index (χ1n) is 7.04. The van der Waals surface area contributed by atoms with E-state index in [0.717, 1.165) is 32.5 Å². The highest BCUT2D eigenvalue weighted by molar-refractivity contribution is 7.91. The second kappa shape index (κ2) is 6.87. The van der Waals surface area contributed by atoms with Crippen LogP contribution in [0.1, 0.15) is 33.6 Å². The van der Waals surface area contributed by atoms with Crippen molar-refractivity contribution in [3.63, 3.8) is 0 Å². The topological polar surface area (TPSA) is 49.4 Å². The van der Waals surface area contributed by atoms with Crippen molar-refractivity contribution in [2.24, 2.45) is 5.41 Å². The molecular weight excluding hydrogens is 248 g/mol. The third-order valence-electron chi connectivity index (χ3n) is 3.87. The second-order valence-electron chi connectivity index (χ2n) is 5.77. The minimum absolute atomic E-state index is 0.246. The van der Waals surface area contributed by atoms with E-state index in [9.17, 15) is 8.42 Å². The largest absolute Gasteiger partial charge is 0.316 e. The van der Waals surface area contributed by atoms with Gasteiger partial charge in [-0.3, -0.25) is 0 Å². The van der Waals surface area contributed by atoms with Crippen LogP contribution in [0.25, 0.3) is 0 Å². The lowest BCUT2D eigenvalue weighted by atomic mass is 9.86. The number of sulfone groups is 1. The van der Waals surface area contributed by atoms with Gasteiger partial charge in [-0.05, 0) is 24.8 Å². The van der Waals surface area contributed by atoms with Crippen LogP contribution in [0.2, 0.25) is 0 Å². The molecular formula is C13H28N2O2S. The lowest BCUT2D eigenvalue weighted by Crippen LogP contribution is -2.47. The number of hydrogen-bond acceptors (Lipinski definition) is 4. The van der Waals surface area contributed by atoms with Crippen LogP contribution in [0.3, 0.4) is 0 Å². The van der Waals surface area contributed by atoms with Crippen LogP contribution in [0.4, 0.5) is 0 Å². The number of nitrogens with one attached hydrogen (secondary N) is 1. The predicted octanol–water partition coefficient (Wildman–Crippen LogP) is 1.13. The van der Waals surface area contributed by atoms with Crippen molar-refractivity contribution in [3.8, 4) is 0 Å². The summed E-state index contributed by atoms with van der Waals surface area (Å²) in [6.07, 6.45) is 2.27. The monoisotopic (exact) mass is 276 g/mol. The summed E-state index contributed by atoms with van der Waals surface area (Å²) in [5, 5.41) is 3.49. The fourth-order valence-corrected chi connectivity index (χ4v) is 3.58. The Bertz CT molecular complexity index is 329. The molecule has 0 radical (unpaired) electrons. The summed E-state index contributed by atoms with van der Waals surface area (Å²) in [5.41, 5.74) is 0.246. The van der Waals surface area contributed by atoms with Crippen molar-refractivity contribution in [2.45, 2.75) is 33.6 Å². The van der Waals surface area contributed by atoms with E-state index in [0.29, 0.717) is 24.6 Å². The normalized spacial score (nSPS) is 23.7. The highest BCUT2D eigenvalue weighted by Gasteiger charge is 2.28. The van der Waals surface area contributed by atoms with E-state index in [4.69, 9.17) is 0 Å². The Balaban J connectivity index is 2.42. The van der Waals surface area contributed by atoms with Crippen LogP contribution < -0.4 is 5.32 Å². The van der Waals surface area contributed by atoms with E-state index < -0.39 is 9.84 Å². The Hall–Kier alpha value is -0.130. The van der Waals surface area contributed by atoms with E-state index in [-0.39, 0.29) is 5.41 Å². The van der Waals surface area contributed by atoms with Gasteiger partial charge in [0.1, 0.15) is 0 Å². The van der Waals surface area contributed by atoms with E-state index in [2.05, 4.69) is 31.0 Å². The van der Waals surface area contributed by atoms with Gasteiger partial charge in [-0.25, -0.2) is 8.42 Å². The quantitative estimate of drug-likeness (QED) is 0.708. The van der Waals surface area contributed by atoms with Gasteiger partial charge in [0.05, 0.1) is 11.5 Å². The van der Waals surface area contributed by atoms with E-state index >= 15 is 0 Å². The van der Waals surface area contributed by atoms with Gasteiger partial charge in [-0.2, -0.15) is 0 Å². The van der Waals surface area contributed by atoms with Crippen molar-refractivity contribution in [1.82, 2.24) is 10.2 Å². The minimum atomic E-state index is -2.76. The van der Waals surface area contributed by atoms with Gasteiger partial charge in [0, 0.05) is 26.2 Å². The lowest BCUT2D eigenvalue weighted by molar-refractivity contribution is 0.164. The average Bonchev–Trinajstić information content (AvgIpc) is 2.32. The molecule has 4 nitrogen and oxygen atoms in total. The molecule has 18 heavy (non-hydrogen) atoms. The Kier molecular flexibility index (Phi) is 6.08. The maximum absolute atomic E-state index is 11.4.